The van der Waals surface area contributed by atoms with E-state index < -0.39 is 0 Å². The van der Waals surface area contributed by atoms with Gasteiger partial charge in [0.25, 0.3) is 5.22 Å². The zero-order valence-electron chi connectivity index (χ0n) is 12.4. The van der Waals surface area contributed by atoms with Crippen molar-refractivity contribution in [3.05, 3.63) is 60.3 Å². The van der Waals surface area contributed by atoms with Gasteiger partial charge < -0.3 is 8.82 Å². The van der Waals surface area contributed by atoms with Crippen LogP contribution in [0.2, 0.25) is 0 Å². The number of aromatic nitrogens is 5. The Morgan fingerprint density at radius 2 is 2.04 bits per heavy atom. The maximum atomic E-state index is 5.67. The number of pyridine rings is 2. The minimum absolute atomic E-state index is 0.501. The Kier molecular flexibility index (Phi) is 3.55. The number of fused-ring (bicyclic) bond motifs is 1. The molecule has 6 nitrogen and oxygen atoms in total. The topological polar surface area (TPSA) is 69.1 Å². The predicted molar refractivity (Wildman–Crippen MR) is 87.0 cm³/mol. The van der Waals surface area contributed by atoms with Crippen LogP contribution in [0.1, 0.15) is 11.3 Å². The average Bonchev–Trinajstić information content (AvgIpc) is 3.21. The number of imidazole rings is 1. The van der Waals surface area contributed by atoms with E-state index in [1.165, 1.54) is 11.8 Å². The Morgan fingerprint density at radius 1 is 1.17 bits per heavy atom. The lowest BCUT2D eigenvalue weighted by molar-refractivity contribution is 0.465. The van der Waals surface area contributed by atoms with Gasteiger partial charge in [-0.1, -0.05) is 17.8 Å². The van der Waals surface area contributed by atoms with E-state index in [1.54, 1.807) is 12.4 Å². The maximum Gasteiger partial charge on any atom is 0.277 e. The predicted octanol–water partition coefficient (Wildman–Crippen LogP) is 3.38. The van der Waals surface area contributed by atoms with E-state index in [0.717, 1.165) is 22.5 Å². The van der Waals surface area contributed by atoms with Crippen molar-refractivity contribution in [2.45, 2.75) is 17.9 Å². The Morgan fingerprint density at radius 3 is 2.87 bits per heavy atom. The first kappa shape index (κ1) is 14.0. The van der Waals surface area contributed by atoms with E-state index in [-0.39, 0.29) is 0 Å². The number of thioether (sulfide) groups is 1. The van der Waals surface area contributed by atoms with Gasteiger partial charge in [0.05, 0.1) is 5.69 Å². The largest absolute Gasteiger partial charge is 0.411 e. The SMILES string of the molecule is Cc1cccn2cc(CSc3nnc(-c4ccncc4)o3)nc12. The number of aryl methyl sites for hydroxylation is 1. The molecular weight excluding hydrogens is 310 g/mol. The van der Waals surface area contributed by atoms with Crippen LogP contribution < -0.4 is 0 Å². The van der Waals surface area contributed by atoms with Gasteiger partial charge in [0.15, 0.2) is 0 Å². The third-order valence-electron chi connectivity index (χ3n) is 3.41. The molecule has 4 rings (SSSR count). The van der Waals surface area contributed by atoms with Gasteiger partial charge in [0, 0.05) is 36.1 Å². The molecule has 4 aromatic heterocycles. The minimum atomic E-state index is 0.501. The summed E-state index contributed by atoms with van der Waals surface area (Å²) in [7, 11) is 0. The zero-order chi connectivity index (χ0) is 15.6. The molecule has 0 atom stereocenters. The summed E-state index contributed by atoms with van der Waals surface area (Å²) in [5.41, 5.74) is 3.98. The van der Waals surface area contributed by atoms with Gasteiger partial charge in [-0.05, 0) is 30.7 Å². The normalized spacial score (nSPS) is 11.2. The van der Waals surface area contributed by atoms with Crippen LogP contribution in [0.5, 0.6) is 0 Å². The Hall–Kier alpha value is -2.67. The first-order valence-corrected chi connectivity index (χ1v) is 8.08. The van der Waals surface area contributed by atoms with Gasteiger partial charge in [0.1, 0.15) is 5.65 Å². The third kappa shape index (κ3) is 2.83. The molecule has 23 heavy (non-hydrogen) atoms. The lowest BCUT2D eigenvalue weighted by atomic mass is 10.3. The summed E-state index contributed by atoms with van der Waals surface area (Å²) >= 11 is 1.48. The number of rotatable bonds is 4. The van der Waals surface area contributed by atoms with Crippen molar-refractivity contribution in [1.29, 1.82) is 0 Å². The summed E-state index contributed by atoms with van der Waals surface area (Å²) in [4.78, 5) is 8.61. The highest BCUT2D eigenvalue weighted by atomic mass is 32.2. The lowest BCUT2D eigenvalue weighted by Gasteiger charge is -1.94. The fourth-order valence-corrected chi connectivity index (χ4v) is 2.94. The monoisotopic (exact) mass is 323 g/mol. The molecule has 0 bridgehead atoms. The molecule has 0 fully saturated rings. The highest BCUT2D eigenvalue weighted by Crippen LogP contribution is 2.25. The molecule has 0 aliphatic carbocycles. The summed E-state index contributed by atoms with van der Waals surface area (Å²) in [5.74, 6) is 1.18. The van der Waals surface area contributed by atoms with Crippen LogP contribution >= 0.6 is 11.8 Å². The zero-order valence-corrected chi connectivity index (χ0v) is 13.2. The van der Waals surface area contributed by atoms with Gasteiger partial charge >= 0.3 is 0 Å². The van der Waals surface area contributed by atoms with E-state index in [1.807, 2.05) is 35.0 Å². The molecule has 0 unspecified atom stereocenters. The Balaban J connectivity index is 1.50. The number of nitrogens with zero attached hydrogens (tertiary/aromatic N) is 5. The Labute approximate surface area is 136 Å². The second kappa shape index (κ2) is 5.85. The molecule has 0 saturated heterocycles. The van der Waals surface area contributed by atoms with Crippen molar-refractivity contribution in [3.63, 3.8) is 0 Å². The molecule has 4 aromatic rings. The minimum Gasteiger partial charge on any atom is -0.411 e. The van der Waals surface area contributed by atoms with E-state index in [2.05, 4.69) is 33.2 Å². The fraction of sp³-hybridized carbons (Fsp3) is 0.125. The molecule has 0 radical (unpaired) electrons. The summed E-state index contributed by atoms with van der Waals surface area (Å²) in [6.45, 7) is 2.05. The van der Waals surface area contributed by atoms with Crippen molar-refractivity contribution >= 4 is 17.4 Å². The maximum absolute atomic E-state index is 5.67. The van der Waals surface area contributed by atoms with Crippen LogP contribution in [0.25, 0.3) is 17.1 Å². The van der Waals surface area contributed by atoms with E-state index in [4.69, 9.17) is 4.42 Å². The summed E-state index contributed by atoms with van der Waals surface area (Å²) in [6, 6.07) is 7.75. The summed E-state index contributed by atoms with van der Waals surface area (Å²) in [5, 5.41) is 8.67. The standard InChI is InChI=1S/C16H13N5OS/c1-11-3-2-8-21-9-13(18-14(11)21)10-23-16-20-19-15(22-16)12-4-6-17-7-5-12/h2-9H,10H2,1H3. The van der Waals surface area contributed by atoms with Crippen molar-refractivity contribution in [3.8, 4) is 11.5 Å². The van der Waals surface area contributed by atoms with Crippen molar-refractivity contribution in [2.75, 3.05) is 0 Å². The molecule has 0 aromatic carbocycles. The van der Waals surface area contributed by atoms with Gasteiger partial charge in [0.2, 0.25) is 5.89 Å². The molecule has 4 heterocycles. The molecular formula is C16H13N5OS. The molecule has 114 valence electrons. The molecule has 7 heteroatoms. The highest BCUT2D eigenvalue weighted by Gasteiger charge is 2.10. The molecule has 0 N–H and O–H groups in total. The summed E-state index contributed by atoms with van der Waals surface area (Å²) in [6.07, 6.45) is 7.42. The second-order valence-electron chi connectivity index (χ2n) is 5.05. The van der Waals surface area contributed by atoms with Crippen molar-refractivity contribution < 1.29 is 4.42 Å². The smallest absolute Gasteiger partial charge is 0.277 e. The van der Waals surface area contributed by atoms with Crippen LogP contribution in [0.15, 0.2) is 58.7 Å². The number of hydrogen-bond acceptors (Lipinski definition) is 6. The third-order valence-corrected chi connectivity index (χ3v) is 4.26. The molecule has 0 aliphatic rings. The Bertz CT molecular complexity index is 947. The molecule has 0 spiro atoms. The lowest BCUT2D eigenvalue weighted by Crippen LogP contribution is -1.84. The van der Waals surface area contributed by atoms with Gasteiger partial charge in [-0.15, -0.1) is 10.2 Å². The van der Waals surface area contributed by atoms with Crippen LogP contribution in [0.3, 0.4) is 0 Å². The van der Waals surface area contributed by atoms with Crippen LogP contribution in [0, 0.1) is 6.92 Å². The molecule has 0 aliphatic heterocycles. The highest BCUT2D eigenvalue weighted by molar-refractivity contribution is 7.98. The first-order valence-electron chi connectivity index (χ1n) is 7.09. The van der Waals surface area contributed by atoms with Gasteiger partial charge in [-0.3, -0.25) is 4.98 Å². The van der Waals surface area contributed by atoms with Crippen LogP contribution in [-0.4, -0.2) is 24.6 Å². The van der Waals surface area contributed by atoms with Gasteiger partial charge in [-0.25, -0.2) is 4.98 Å². The second-order valence-corrected chi connectivity index (χ2v) is 5.98. The van der Waals surface area contributed by atoms with Gasteiger partial charge in [-0.2, -0.15) is 0 Å². The molecule has 0 amide bonds. The quantitative estimate of drug-likeness (QED) is 0.536. The average molecular weight is 323 g/mol. The van der Waals surface area contributed by atoms with E-state index >= 15 is 0 Å². The van der Waals surface area contributed by atoms with E-state index in [0.29, 0.717) is 16.9 Å². The fourth-order valence-electron chi connectivity index (χ4n) is 2.29. The first-order chi connectivity index (χ1) is 11.3. The number of hydrogen-bond donors (Lipinski definition) is 0. The van der Waals surface area contributed by atoms with E-state index in [9.17, 15) is 0 Å². The van der Waals surface area contributed by atoms with Crippen LogP contribution in [0.4, 0.5) is 0 Å². The van der Waals surface area contributed by atoms with Crippen molar-refractivity contribution in [1.82, 2.24) is 24.6 Å². The van der Waals surface area contributed by atoms with Crippen molar-refractivity contribution in [2.24, 2.45) is 0 Å². The van der Waals surface area contributed by atoms with Crippen LogP contribution in [-0.2, 0) is 5.75 Å². The summed E-state index contributed by atoms with van der Waals surface area (Å²) < 4.78 is 7.70. The molecule has 0 saturated carbocycles.